The Kier molecular flexibility index (Phi) is 19.4. The molecule has 8 rings (SSSR count). The Balaban J connectivity index is 0.000000238. The molecule has 0 radical (unpaired) electrons. The van der Waals surface area contributed by atoms with E-state index in [0.29, 0.717) is 85.0 Å². The van der Waals surface area contributed by atoms with Crippen LogP contribution in [0.15, 0.2) is 12.2 Å². The number of esters is 2. The number of ketones is 2. The van der Waals surface area contributed by atoms with Crippen LogP contribution in [0.3, 0.4) is 0 Å². The van der Waals surface area contributed by atoms with Crippen LogP contribution in [-0.4, -0.2) is 75.5 Å². The molecule has 0 N–H and O–H groups in total. The van der Waals surface area contributed by atoms with Crippen molar-refractivity contribution in [1.29, 1.82) is 0 Å². The van der Waals surface area contributed by atoms with Gasteiger partial charge in [-0.05, 0) is 197 Å². The number of Topliss-reactive ketones (excluding diaryl/α,β-unsaturated/α-hetero) is 2. The van der Waals surface area contributed by atoms with E-state index in [9.17, 15) is 28.8 Å². The summed E-state index contributed by atoms with van der Waals surface area (Å²) in [5, 5.41) is 0. The lowest BCUT2D eigenvalue weighted by atomic mass is 9.40. The molecule has 8 aliphatic carbocycles. The maximum atomic E-state index is 14.3. The largest absolute Gasteiger partial charge is 0.508 e. The van der Waals surface area contributed by atoms with Gasteiger partial charge in [-0.25, -0.2) is 9.59 Å². The monoisotopic (exact) mass is 1040 g/mol. The summed E-state index contributed by atoms with van der Waals surface area (Å²) in [4.78, 5) is 76.2. The summed E-state index contributed by atoms with van der Waals surface area (Å²) in [5.74, 6) is 5.14. The third-order valence-corrected chi connectivity index (χ3v) is 22.9. The van der Waals surface area contributed by atoms with Crippen LogP contribution in [0.1, 0.15) is 193 Å². The fourth-order valence-electron chi connectivity index (χ4n) is 19.0. The van der Waals surface area contributed by atoms with Gasteiger partial charge in [-0.1, -0.05) is 81.9 Å². The number of hydrogen-bond acceptors (Lipinski definition) is 12. The summed E-state index contributed by atoms with van der Waals surface area (Å²) < 4.78 is 31.2. The number of allylic oxidation sites excluding steroid dienone is 2. The van der Waals surface area contributed by atoms with Gasteiger partial charge in [0, 0.05) is 36.5 Å². The Morgan fingerprint density at radius 2 is 1.08 bits per heavy atom. The Morgan fingerprint density at radius 3 is 1.59 bits per heavy atom. The predicted molar refractivity (Wildman–Crippen MR) is 285 cm³/mol. The first kappa shape index (κ1) is 59.8. The van der Waals surface area contributed by atoms with Crippen molar-refractivity contribution in [3.63, 3.8) is 0 Å². The Morgan fingerprint density at radius 1 is 0.608 bits per heavy atom. The zero-order chi connectivity index (χ0) is 53.4. The first-order chi connectivity index (χ1) is 34.6. The Labute approximate surface area is 446 Å². The van der Waals surface area contributed by atoms with Crippen LogP contribution in [0.4, 0.5) is 9.59 Å². The maximum Gasteiger partial charge on any atom is 0.508 e. The summed E-state index contributed by atoms with van der Waals surface area (Å²) in [7, 11) is 2.92. The minimum atomic E-state index is -0.592. The van der Waals surface area contributed by atoms with E-state index in [4.69, 9.17) is 28.4 Å². The highest BCUT2D eigenvalue weighted by Crippen LogP contribution is 2.71. The third-order valence-electron chi connectivity index (χ3n) is 22.9. The zero-order valence-corrected chi connectivity index (χ0v) is 47.3. The fraction of sp³-hybridized carbons (Fsp3) is 0.871. The van der Waals surface area contributed by atoms with E-state index < -0.39 is 12.3 Å². The Bertz CT molecular complexity index is 2030. The van der Waals surface area contributed by atoms with Crippen molar-refractivity contribution < 1.29 is 57.2 Å². The average molecular weight is 1040 g/mol. The van der Waals surface area contributed by atoms with Crippen molar-refractivity contribution in [1.82, 2.24) is 0 Å². The van der Waals surface area contributed by atoms with E-state index in [-0.39, 0.29) is 94.7 Å². The van der Waals surface area contributed by atoms with Gasteiger partial charge in [-0.15, -0.1) is 0 Å². The van der Waals surface area contributed by atoms with Crippen molar-refractivity contribution in [3.8, 4) is 0 Å². The quantitative estimate of drug-likeness (QED) is 0.0922. The highest BCUT2D eigenvalue weighted by Gasteiger charge is 2.68. The molecular formula is C62H100O12. The van der Waals surface area contributed by atoms with Gasteiger partial charge in [0.05, 0.1) is 27.4 Å². The van der Waals surface area contributed by atoms with E-state index in [0.717, 1.165) is 96.3 Å². The second-order valence-electron chi connectivity index (χ2n) is 25.6. The van der Waals surface area contributed by atoms with Gasteiger partial charge in [0.15, 0.2) is 0 Å². The molecule has 74 heavy (non-hydrogen) atoms. The van der Waals surface area contributed by atoms with Crippen LogP contribution in [0, 0.1) is 110 Å². The number of hydrogen-bond donors (Lipinski definition) is 0. The molecule has 0 aliphatic heterocycles. The highest BCUT2D eigenvalue weighted by atomic mass is 16.7. The Hall–Kier alpha value is -3.44. The molecule has 0 bridgehead atoms. The number of fused-ring (bicyclic) bond motifs is 10. The lowest BCUT2D eigenvalue weighted by molar-refractivity contribution is -0.181. The van der Waals surface area contributed by atoms with Crippen molar-refractivity contribution in [2.24, 2.45) is 110 Å². The third kappa shape index (κ3) is 10.8. The van der Waals surface area contributed by atoms with Crippen molar-refractivity contribution >= 4 is 35.8 Å². The molecule has 7 fully saturated rings. The smallest absolute Gasteiger partial charge is 0.469 e. The summed E-state index contributed by atoms with van der Waals surface area (Å²) >= 11 is 0. The van der Waals surface area contributed by atoms with Gasteiger partial charge in [-0.3, -0.25) is 19.2 Å². The van der Waals surface area contributed by atoms with E-state index in [1.54, 1.807) is 13.8 Å². The van der Waals surface area contributed by atoms with E-state index >= 15 is 0 Å². The SMILES string of the molecule is C.CCOC(=O)O[C@@H]1CC[C@]2(C)C3C=C[C@@]4(C)C(CC[C@@H]4[C@H](C)CCC(=O)OC)C3C(=O)[C@H](CC)[C@@H]2C1.CCOC(=O)O[C@@H]1CC[C@]2(C)C3C[C@H](C)[C@@]4(C)C(CC[C@@H]4[C@H](C)CCC(=O)OC)C3C(=O)[C@H](CC)[C@@H]2C1. The molecule has 12 heteroatoms. The van der Waals surface area contributed by atoms with Crippen LogP contribution < -0.4 is 0 Å². The molecule has 0 amide bonds. The highest BCUT2D eigenvalue weighted by molar-refractivity contribution is 5.87. The zero-order valence-electron chi connectivity index (χ0n) is 47.3. The fourth-order valence-corrected chi connectivity index (χ4v) is 19.0. The standard InChI is InChI=1S/C31H50O6.C30H46O6.CH4/c1-8-21-24-17-20(37-29(34)36-9-2)14-15-30(24,5)25-16-19(4)31(6)22(18(3)10-13-26(32)35-7)11-12-23(31)27(25)28(21)33;1-7-20-24-17-19(36-28(33)35-8-2)13-15-30(24,5)23-14-16-29(4)21(18(3)9-12-25(31)34-6)10-11-22(29)26(23)27(20)32;/h18-25,27H,8-17H2,1-7H3;14,16,18-24,26H,7-13,15,17H2,1-6H3;1H4/t18-,19+,20-,21-,22-,23?,24+,25?,27?,30+,31-;18-,19-,20-,21-,22?,23?,24+,26?,29-,30-;/m11./s1. The molecule has 12 nitrogen and oxygen atoms in total. The van der Waals surface area contributed by atoms with Crippen LogP contribution in [-0.2, 0) is 47.6 Å². The van der Waals surface area contributed by atoms with Gasteiger partial charge < -0.3 is 28.4 Å². The predicted octanol–water partition coefficient (Wildman–Crippen LogP) is 13.8. The normalized spacial score (nSPS) is 42.3. The average Bonchev–Trinajstić information content (AvgIpc) is 3.91. The van der Waals surface area contributed by atoms with Gasteiger partial charge in [-0.2, -0.15) is 0 Å². The molecule has 0 spiro atoms. The number of rotatable bonds is 14. The summed E-state index contributed by atoms with van der Waals surface area (Å²) in [6.45, 7) is 25.2. The summed E-state index contributed by atoms with van der Waals surface area (Å²) in [6.07, 6.45) is 18.3. The molecule has 6 unspecified atom stereocenters. The summed E-state index contributed by atoms with van der Waals surface area (Å²) in [6, 6.07) is 0. The number of carbonyl (C=O) groups is 6. The van der Waals surface area contributed by atoms with Crippen LogP contribution in [0.25, 0.3) is 0 Å². The molecule has 0 aromatic rings. The minimum absolute atomic E-state index is 0. The number of carbonyl (C=O) groups excluding carboxylic acids is 6. The molecule has 0 saturated heterocycles. The van der Waals surface area contributed by atoms with Gasteiger partial charge >= 0.3 is 24.2 Å². The molecule has 21 atom stereocenters. The second kappa shape index (κ2) is 24.1. The van der Waals surface area contributed by atoms with Gasteiger partial charge in [0.25, 0.3) is 0 Å². The second-order valence-corrected chi connectivity index (χ2v) is 25.6. The first-order valence-electron chi connectivity index (χ1n) is 29.2. The lowest BCUT2D eigenvalue weighted by Gasteiger charge is -2.64. The van der Waals surface area contributed by atoms with Gasteiger partial charge in [0.2, 0.25) is 0 Å². The van der Waals surface area contributed by atoms with Crippen molar-refractivity contribution in [2.75, 3.05) is 27.4 Å². The van der Waals surface area contributed by atoms with Crippen LogP contribution in [0.5, 0.6) is 0 Å². The van der Waals surface area contributed by atoms with Gasteiger partial charge in [0.1, 0.15) is 23.8 Å². The van der Waals surface area contributed by atoms with Crippen LogP contribution in [0.2, 0.25) is 0 Å². The molecular weight excluding hydrogens is 937 g/mol. The first-order valence-corrected chi connectivity index (χ1v) is 29.2. The molecule has 7 saturated carbocycles. The topological polar surface area (TPSA) is 158 Å². The van der Waals surface area contributed by atoms with Crippen molar-refractivity contribution in [2.45, 2.75) is 205 Å². The molecule has 0 aromatic heterocycles. The molecule has 8 aliphatic rings. The van der Waals surface area contributed by atoms with Crippen molar-refractivity contribution in [3.05, 3.63) is 12.2 Å². The van der Waals surface area contributed by atoms with E-state index in [2.05, 4.69) is 74.5 Å². The summed E-state index contributed by atoms with van der Waals surface area (Å²) in [5.41, 5.74) is 0.230. The molecule has 0 heterocycles. The minimum Gasteiger partial charge on any atom is -0.469 e. The maximum absolute atomic E-state index is 14.3. The van der Waals surface area contributed by atoms with E-state index in [1.807, 2.05) is 0 Å². The lowest BCUT2D eigenvalue weighted by Crippen LogP contribution is -2.62. The molecule has 420 valence electrons. The van der Waals surface area contributed by atoms with E-state index in [1.165, 1.54) is 14.2 Å². The molecule has 0 aromatic carbocycles. The number of methoxy groups -OCH3 is 2. The van der Waals surface area contributed by atoms with Crippen LogP contribution >= 0.6 is 0 Å². The number of ether oxygens (including phenoxy) is 6.